The van der Waals surface area contributed by atoms with Crippen molar-refractivity contribution < 1.29 is 9.53 Å². The monoisotopic (exact) mass is 497 g/mol. The van der Waals surface area contributed by atoms with Gasteiger partial charge in [-0.3, -0.25) is 0 Å². The van der Waals surface area contributed by atoms with Gasteiger partial charge in [-0.2, -0.15) is 0 Å². The number of aromatic nitrogens is 1. The van der Waals surface area contributed by atoms with Crippen LogP contribution in [0.5, 0.6) is 5.75 Å². The zero-order valence-corrected chi connectivity index (χ0v) is 21.8. The number of carbonyl (C=O) groups is 1. The Morgan fingerprint density at radius 2 is 1.81 bits per heavy atom. The molecule has 6 heteroatoms. The van der Waals surface area contributed by atoms with E-state index in [-0.39, 0.29) is 12.1 Å². The predicted octanol–water partition coefficient (Wildman–Crippen LogP) is 7.18. The molecule has 0 bridgehead atoms. The highest BCUT2D eigenvalue weighted by molar-refractivity contribution is 7.15. The van der Waals surface area contributed by atoms with Crippen LogP contribution < -0.4 is 10.1 Å². The van der Waals surface area contributed by atoms with Crippen LogP contribution in [0.25, 0.3) is 5.00 Å². The summed E-state index contributed by atoms with van der Waals surface area (Å²) in [6.45, 7) is 4.69. The summed E-state index contributed by atoms with van der Waals surface area (Å²) in [5.41, 5.74) is 7.98. The van der Waals surface area contributed by atoms with E-state index in [0.717, 1.165) is 46.7 Å². The molecule has 36 heavy (non-hydrogen) atoms. The molecule has 2 aromatic heterocycles. The van der Waals surface area contributed by atoms with Crippen LogP contribution in [0, 0.1) is 13.8 Å². The molecule has 4 aromatic rings. The predicted molar refractivity (Wildman–Crippen MR) is 146 cm³/mol. The normalized spacial score (nSPS) is 16.5. The van der Waals surface area contributed by atoms with Gasteiger partial charge >= 0.3 is 6.03 Å². The maximum absolute atomic E-state index is 14.1. The van der Waals surface area contributed by atoms with E-state index < -0.39 is 0 Å². The van der Waals surface area contributed by atoms with Crippen LogP contribution in [0.15, 0.2) is 60.8 Å². The number of hydrogen-bond acceptors (Lipinski definition) is 3. The molecule has 0 spiro atoms. The Labute approximate surface area is 216 Å². The van der Waals surface area contributed by atoms with Crippen molar-refractivity contribution >= 4 is 23.1 Å². The minimum Gasteiger partial charge on any atom is -0.497 e. The van der Waals surface area contributed by atoms with Gasteiger partial charge in [-0.25, -0.2) is 4.79 Å². The molecule has 1 atom stereocenters. The van der Waals surface area contributed by atoms with Crippen LogP contribution in [0.2, 0.25) is 0 Å². The molecular formula is C30H31N3O2S. The van der Waals surface area contributed by atoms with Crippen molar-refractivity contribution in [1.82, 2.24) is 9.47 Å². The smallest absolute Gasteiger partial charge is 0.322 e. The molecule has 2 aliphatic rings. The number of amides is 2. The molecule has 0 radical (unpaired) electrons. The summed E-state index contributed by atoms with van der Waals surface area (Å²) < 4.78 is 7.87. The van der Waals surface area contributed by atoms with Crippen LogP contribution in [0.1, 0.15) is 57.3 Å². The first-order chi connectivity index (χ1) is 17.5. The highest BCUT2D eigenvalue weighted by atomic mass is 32.1. The van der Waals surface area contributed by atoms with Gasteiger partial charge in [-0.15, -0.1) is 11.3 Å². The number of hydrogen-bond donors (Lipinski definition) is 1. The third-order valence-corrected chi connectivity index (χ3v) is 8.66. The van der Waals surface area contributed by atoms with Crippen LogP contribution in [-0.2, 0) is 19.4 Å². The highest BCUT2D eigenvalue weighted by Gasteiger charge is 2.36. The number of thiophene rings is 1. The Bertz CT molecular complexity index is 1430. The molecule has 1 aliphatic heterocycles. The van der Waals surface area contributed by atoms with E-state index in [4.69, 9.17) is 4.74 Å². The summed E-state index contributed by atoms with van der Waals surface area (Å²) in [5.74, 6) is 0.789. The van der Waals surface area contributed by atoms with Crippen molar-refractivity contribution in [3.8, 4) is 10.8 Å². The lowest BCUT2D eigenvalue weighted by Crippen LogP contribution is -2.38. The van der Waals surface area contributed by atoms with Crippen molar-refractivity contribution in [3.05, 3.63) is 99.2 Å². The molecule has 1 N–H and O–H groups in total. The summed E-state index contributed by atoms with van der Waals surface area (Å²) in [4.78, 5) is 17.6. The number of nitrogens with one attached hydrogen (secondary N) is 1. The molecule has 0 unspecified atom stereocenters. The topological polar surface area (TPSA) is 46.5 Å². The van der Waals surface area contributed by atoms with E-state index in [2.05, 4.69) is 54.2 Å². The van der Waals surface area contributed by atoms with Gasteiger partial charge in [-0.1, -0.05) is 18.2 Å². The first kappa shape index (κ1) is 22.9. The average Bonchev–Trinajstić information content (AvgIpc) is 3.45. The second-order valence-corrected chi connectivity index (χ2v) is 11.0. The fourth-order valence-corrected chi connectivity index (χ4v) is 7.19. The molecule has 0 saturated heterocycles. The van der Waals surface area contributed by atoms with E-state index in [1.54, 1.807) is 7.11 Å². The van der Waals surface area contributed by atoms with Crippen molar-refractivity contribution in [2.24, 2.45) is 0 Å². The molecule has 0 fully saturated rings. The number of urea groups is 1. The molecule has 0 saturated carbocycles. The zero-order valence-electron chi connectivity index (χ0n) is 21.0. The van der Waals surface area contributed by atoms with Gasteiger partial charge in [0.25, 0.3) is 0 Å². The number of ether oxygens (including phenoxy) is 1. The lowest BCUT2D eigenvalue weighted by Gasteiger charge is -2.31. The number of rotatable bonds is 3. The number of fused-ring (bicyclic) bond motifs is 5. The number of methoxy groups -OCH3 is 1. The van der Waals surface area contributed by atoms with E-state index in [0.29, 0.717) is 6.54 Å². The lowest BCUT2D eigenvalue weighted by atomic mass is 9.95. The maximum Gasteiger partial charge on any atom is 0.322 e. The van der Waals surface area contributed by atoms with Crippen molar-refractivity contribution in [3.63, 3.8) is 0 Å². The van der Waals surface area contributed by atoms with Crippen molar-refractivity contribution in [2.45, 2.75) is 52.1 Å². The summed E-state index contributed by atoms with van der Waals surface area (Å²) in [6.07, 6.45) is 6.83. The minimum atomic E-state index is -0.250. The third kappa shape index (κ3) is 3.99. The fraction of sp³-hybridized carbons (Fsp3) is 0.300. The van der Waals surface area contributed by atoms with E-state index in [1.807, 2.05) is 46.6 Å². The standard InChI is InChI=1S/C30H31N3O2S/c1-19-14-20(2)16-22(15-19)31-30(34)33-18-25-24-10-4-5-12-27(24)36-29(25)32-13-7-11-26(32)28(33)21-8-6-9-23(17-21)35-3/h6-9,11,13-17,28H,4-5,10,12,18H2,1-3H3,(H,31,34)/t28-/m0/s1. The largest absolute Gasteiger partial charge is 0.497 e. The number of benzene rings is 2. The second kappa shape index (κ2) is 9.17. The molecule has 3 heterocycles. The summed E-state index contributed by atoms with van der Waals surface area (Å²) in [6, 6.07) is 18.2. The summed E-state index contributed by atoms with van der Waals surface area (Å²) in [5, 5.41) is 4.49. The Kier molecular flexibility index (Phi) is 5.84. The Morgan fingerprint density at radius 1 is 1.00 bits per heavy atom. The molecule has 2 aromatic carbocycles. The number of nitrogens with zero attached hydrogens (tertiary/aromatic N) is 2. The highest BCUT2D eigenvalue weighted by Crippen LogP contribution is 2.44. The second-order valence-electron chi connectivity index (χ2n) is 9.91. The number of anilines is 1. The maximum atomic E-state index is 14.1. The average molecular weight is 498 g/mol. The van der Waals surface area contributed by atoms with Gasteiger partial charge in [0.1, 0.15) is 10.8 Å². The minimum absolute atomic E-state index is 0.0934. The van der Waals surface area contributed by atoms with E-state index >= 15 is 0 Å². The summed E-state index contributed by atoms with van der Waals surface area (Å²) >= 11 is 1.90. The van der Waals surface area contributed by atoms with E-state index in [9.17, 15) is 4.79 Å². The quantitative estimate of drug-likeness (QED) is 0.326. The van der Waals surface area contributed by atoms with Crippen LogP contribution in [-0.4, -0.2) is 22.6 Å². The third-order valence-electron chi connectivity index (χ3n) is 7.32. The molecule has 2 amide bonds. The van der Waals surface area contributed by atoms with Gasteiger partial charge in [0.2, 0.25) is 0 Å². The Hall–Kier alpha value is -3.51. The van der Waals surface area contributed by atoms with Gasteiger partial charge in [0.05, 0.1) is 25.4 Å². The SMILES string of the molecule is COc1cccc([C@H]2c3cccn3-c3sc4c(c3CN2C(=O)Nc2cc(C)cc(C)c2)CCCC4)c1. The van der Waals surface area contributed by atoms with Crippen LogP contribution >= 0.6 is 11.3 Å². The van der Waals surface area contributed by atoms with Crippen LogP contribution in [0.3, 0.4) is 0 Å². The van der Waals surface area contributed by atoms with Gasteiger partial charge in [-0.05, 0) is 98.2 Å². The van der Waals surface area contributed by atoms with Crippen molar-refractivity contribution in [2.75, 3.05) is 12.4 Å². The zero-order chi connectivity index (χ0) is 24.8. The number of aryl methyl sites for hydroxylation is 3. The number of carbonyl (C=O) groups excluding carboxylic acids is 1. The molecule has 1 aliphatic carbocycles. The first-order valence-corrected chi connectivity index (χ1v) is 13.4. The molecule has 184 valence electrons. The Balaban J connectivity index is 1.50. The molecule has 6 rings (SSSR count). The Morgan fingerprint density at radius 3 is 2.61 bits per heavy atom. The van der Waals surface area contributed by atoms with Gasteiger partial charge < -0.3 is 19.5 Å². The van der Waals surface area contributed by atoms with Gasteiger partial charge in [0, 0.05) is 22.3 Å². The first-order valence-electron chi connectivity index (χ1n) is 12.6. The van der Waals surface area contributed by atoms with E-state index in [1.165, 1.54) is 33.8 Å². The summed E-state index contributed by atoms with van der Waals surface area (Å²) in [7, 11) is 1.68. The molecule has 5 nitrogen and oxygen atoms in total. The van der Waals surface area contributed by atoms with Crippen LogP contribution in [0.4, 0.5) is 10.5 Å². The van der Waals surface area contributed by atoms with Gasteiger partial charge in [0.15, 0.2) is 0 Å². The molecular weight excluding hydrogens is 466 g/mol. The van der Waals surface area contributed by atoms with Crippen molar-refractivity contribution in [1.29, 1.82) is 0 Å². The lowest BCUT2D eigenvalue weighted by molar-refractivity contribution is 0.194. The fourth-order valence-electron chi connectivity index (χ4n) is 5.79.